The Morgan fingerprint density at radius 3 is 2.64 bits per heavy atom. The van der Waals surface area contributed by atoms with Crippen LogP contribution < -0.4 is 0 Å². The van der Waals surface area contributed by atoms with E-state index in [-0.39, 0.29) is 5.41 Å². The molecule has 1 aliphatic carbocycles. The predicted molar refractivity (Wildman–Crippen MR) is 60.0 cm³/mol. The Labute approximate surface area is 85.9 Å². The van der Waals surface area contributed by atoms with Crippen LogP contribution >= 0.6 is 0 Å². The molecule has 0 unspecified atom stereocenters. The van der Waals surface area contributed by atoms with E-state index in [1.807, 2.05) is 12.4 Å². The molecule has 0 atom stereocenters. The zero-order valence-electron chi connectivity index (χ0n) is 9.39. The van der Waals surface area contributed by atoms with E-state index in [2.05, 4.69) is 38.7 Å². The average molecular weight is 187 g/mol. The molecule has 0 amide bonds. The smallest absolute Gasteiger partial charge is 0.0309 e. The largest absolute Gasteiger partial charge is 0.264 e. The maximum atomic E-state index is 4.18. The Bertz CT molecular complexity index is 394. The first-order valence-corrected chi connectivity index (χ1v) is 5.13. The van der Waals surface area contributed by atoms with Crippen LogP contribution in [0, 0.1) is 5.41 Å². The van der Waals surface area contributed by atoms with Crippen LogP contribution in [-0.4, -0.2) is 4.98 Å². The number of nitrogens with zero attached hydrogens (tertiary/aromatic N) is 1. The van der Waals surface area contributed by atoms with E-state index in [9.17, 15) is 0 Å². The van der Waals surface area contributed by atoms with Crippen molar-refractivity contribution in [1.29, 1.82) is 0 Å². The van der Waals surface area contributed by atoms with Gasteiger partial charge in [-0.2, -0.15) is 0 Å². The fourth-order valence-electron chi connectivity index (χ4n) is 2.46. The van der Waals surface area contributed by atoms with Crippen LogP contribution in [0.3, 0.4) is 0 Å². The second-order valence-corrected chi connectivity index (χ2v) is 5.11. The van der Waals surface area contributed by atoms with Crippen molar-refractivity contribution in [2.45, 2.75) is 34.1 Å². The summed E-state index contributed by atoms with van der Waals surface area (Å²) in [4.78, 5) is 4.18. The Balaban J connectivity index is 2.57. The van der Waals surface area contributed by atoms with Crippen molar-refractivity contribution in [2.24, 2.45) is 5.41 Å². The number of fused-ring (bicyclic) bond motifs is 1. The van der Waals surface area contributed by atoms with Gasteiger partial charge in [0.05, 0.1) is 0 Å². The highest BCUT2D eigenvalue weighted by atomic mass is 14.6. The molecule has 14 heavy (non-hydrogen) atoms. The van der Waals surface area contributed by atoms with Crippen molar-refractivity contribution >= 4 is 5.57 Å². The summed E-state index contributed by atoms with van der Waals surface area (Å²) in [6.07, 6.45) is 4.97. The molecule has 2 rings (SSSR count). The first-order valence-electron chi connectivity index (χ1n) is 5.13. The molecule has 0 bridgehead atoms. The molecule has 0 fully saturated rings. The maximum absolute atomic E-state index is 4.18. The monoisotopic (exact) mass is 187 g/mol. The lowest BCUT2D eigenvalue weighted by Gasteiger charge is -2.23. The van der Waals surface area contributed by atoms with Gasteiger partial charge in [-0.25, -0.2) is 0 Å². The summed E-state index contributed by atoms with van der Waals surface area (Å²) < 4.78 is 0. The molecule has 0 aliphatic heterocycles. The van der Waals surface area contributed by atoms with Crippen LogP contribution in [0.1, 0.15) is 38.8 Å². The first kappa shape index (κ1) is 9.45. The molecule has 0 aromatic carbocycles. The molecular formula is C13H17N. The molecule has 74 valence electrons. The molecule has 1 aromatic rings. The lowest BCUT2D eigenvalue weighted by molar-refractivity contribution is 0.565. The lowest BCUT2D eigenvalue weighted by Crippen LogP contribution is -2.08. The van der Waals surface area contributed by atoms with Crippen LogP contribution in [0.25, 0.3) is 5.57 Å². The normalized spacial score (nSPS) is 16.0. The molecule has 1 aliphatic rings. The molecular weight excluding hydrogens is 170 g/mol. The fraction of sp³-hybridized carbons (Fsp3) is 0.462. The maximum Gasteiger partial charge on any atom is 0.0309 e. The van der Waals surface area contributed by atoms with Gasteiger partial charge in [-0.15, -0.1) is 0 Å². The molecule has 1 heterocycles. The average Bonchev–Trinajstić information content (AvgIpc) is 2.38. The lowest BCUT2D eigenvalue weighted by atomic mass is 9.82. The number of hydrogen-bond acceptors (Lipinski definition) is 1. The van der Waals surface area contributed by atoms with Crippen LogP contribution in [0.5, 0.6) is 0 Å². The van der Waals surface area contributed by atoms with Gasteiger partial charge in [0.1, 0.15) is 0 Å². The minimum absolute atomic E-state index is 0.247. The van der Waals surface area contributed by atoms with E-state index in [4.69, 9.17) is 0 Å². The summed E-state index contributed by atoms with van der Waals surface area (Å²) in [5, 5.41) is 0. The highest BCUT2D eigenvalue weighted by Crippen LogP contribution is 2.43. The van der Waals surface area contributed by atoms with E-state index in [1.165, 1.54) is 22.3 Å². The molecule has 0 saturated carbocycles. The third-order valence-corrected chi connectivity index (χ3v) is 2.81. The molecule has 1 nitrogen and oxygen atoms in total. The summed E-state index contributed by atoms with van der Waals surface area (Å²) in [5.41, 5.74) is 6.05. The third-order valence-electron chi connectivity index (χ3n) is 2.81. The molecule has 1 aromatic heterocycles. The topological polar surface area (TPSA) is 12.9 Å². The predicted octanol–water partition coefficient (Wildman–Crippen LogP) is 3.46. The van der Waals surface area contributed by atoms with Crippen LogP contribution in [0.4, 0.5) is 0 Å². The van der Waals surface area contributed by atoms with Crippen LogP contribution in [0.2, 0.25) is 0 Å². The summed E-state index contributed by atoms with van der Waals surface area (Å²) in [6.45, 7) is 9.07. The van der Waals surface area contributed by atoms with Gasteiger partial charge in [0.2, 0.25) is 0 Å². The van der Waals surface area contributed by atoms with Gasteiger partial charge >= 0.3 is 0 Å². The van der Waals surface area contributed by atoms with Crippen LogP contribution in [-0.2, 0) is 6.42 Å². The highest BCUT2D eigenvalue weighted by molar-refractivity contribution is 5.78. The summed E-state index contributed by atoms with van der Waals surface area (Å²) in [7, 11) is 0. The molecule has 0 radical (unpaired) electrons. The Kier molecular flexibility index (Phi) is 1.99. The fourth-order valence-corrected chi connectivity index (χ4v) is 2.46. The minimum Gasteiger partial charge on any atom is -0.264 e. The number of allylic oxidation sites excluding steroid dienone is 2. The third kappa shape index (κ3) is 1.37. The van der Waals surface area contributed by atoms with E-state index < -0.39 is 0 Å². The second kappa shape index (κ2) is 2.94. The Morgan fingerprint density at radius 2 is 2.00 bits per heavy atom. The standard InChI is InChI=1S/C13H17N/c1-9-7-10-8-14-6-5-11(10)12(9)13(2,3)4/h5-6,8H,7H2,1-4H3. The van der Waals surface area contributed by atoms with Gasteiger partial charge in [-0.3, -0.25) is 4.98 Å². The second-order valence-electron chi connectivity index (χ2n) is 5.11. The zero-order valence-corrected chi connectivity index (χ0v) is 9.39. The van der Waals surface area contributed by atoms with Gasteiger partial charge in [0.15, 0.2) is 0 Å². The number of aromatic nitrogens is 1. The van der Waals surface area contributed by atoms with Crippen molar-refractivity contribution in [3.05, 3.63) is 35.2 Å². The van der Waals surface area contributed by atoms with Gasteiger partial charge in [0, 0.05) is 12.4 Å². The molecule has 1 heteroatoms. The number of hydrogen-bond donors (Lipinski definition) is 0. The van der Waals surface area contributed by atoms with Gasteiger partial charge in [-0.05, 0) is 41.5 Å². The quantitative estimate of drug-likeness (QED) is 0.606. The van der Waals surface area contributed by atoms with E-state index in [0.29, 0.717) is 0 Å². The molecule has 0 N–H and O–H groups in total. The summed E-state index contributed by atoms with van der Waals surface area (Å²) >= 11 is 0. The van der Waals surface area contributed by atoms with Crippen molar-refractivity contribution in [1.82, 2.24) is 4.98 Å². The minimum atomic E-state index is 0.247. The first-order chi connectivity index (χ1) is 6.50. The summed E-state index contributed by atoms with van der Waals surface area (Å²) in [5.74, 6) is 0. The van der Waals surface area contributed by atoms with E-state index in [0.717, 1.165) is 6.42 Å². The Hall–Kier alpha value is -1.11. The number of pyridine rings is 1. The Morgan fingerprint density at radius 1 is 1.29 bits per heavy atom. The van der Waals surface area contributed by atoms with Crippen molar-refractivity contribution in [3.8, 4) is 0 Å². The summed E-state index contributed by atoms with van der Waals surface area (Å²) in [6, 6.07) is 2.15. The van der Waals surface area contributed by atoms with Crippen molar-refractivity contribution < 1.29 is 0 Å². The molecule has 0 saturated heterocycles. The SMILES string of the molecule is CC1=C(C(C)(C)C)c2ccncc2C1. The number of rotatable bonds is 0. The zero-order chi connectivity index (χ0) is 10.3. The van der Waals surface area contributed by atoms with Crippen molar-refractivity contribution in [2.75, 3.05) is 0 Å². The van der Waals surface area contributed by atoms with Gasteiger partial charge in [0.25, 0.3) is 0 Å². The van der Waals surface area contributed by atoms with Gasteiger partial charge in [-0.1, -0.05) is 26.3 Å². The molecule has 0 spiro atoms. The highest BCUT2D eigenvalue weighted by Gasteiger charge is 2.27. The van der Waals surface area contributed by atoms with E-state index >= 15 is 0 Å². The van der Waals surface area contributed by atoms with Crippen molar-refractivity contribution in [3.63, 3.8) is 0 Å². The van der Waals surface area contributed by atoms with E-state index in [1.54, 1.807) is 0 Å². The van der Waals surface area contributed by atoms with Crippen LogP contribution in [0.15, 0.2) is 24.0 Å². The van der Waals surface area contributed by atoms with Gasteiger partial charge < -0.3 is 0 Å².